The summed E-state index contributed by atoms with van der Waals surface area (Å²) in [6, 6.07) is 15.8. The second-order valence-electron chi connectivity index (χ2n) is 7.46. The van der Waals surface area contributed by atoms with Gasteiger partial charge in [0.15, 0.2) is 15.7 Å². The summed E-state index contributed by atoms with van der Waals surface area (Å²) >= 11 is 0. The van der Waals surface area contributed by atoms with E-state index < -0.39 is 20.9 Å². The van der Waals surface area contributed by atoms with Gasteiger partial charge in [-0.05, 0) is 44.2 Å². The Morgan fingerprint density at radius 3 is 2.60 bits per heavy atom. The first-order valence-electron chi connectivity index (χ1n) is 9.51. The first kappa shape index (κ1) is 20.0. The molecule has 7 N–H and O–H groups in total. The smallest absolute Gasteiger partial charge is 0.211 e. The third-order valence-electron chi connectivity index (χ3n) is 4.99. The van der Waals surface area contributed by atoms with Crippen molar-refractivity contribution in [1.82, 2.24) is 4.98 Å². The average molecular weight is 425 g/mol. The van der Waals surface area contributed by atoms with Crippen molar-refractivity contribution in [2.24, 2.45) is 10.7 Å². The van der Waals surface area contributed by atoms with E-state index in [1.807, 2.05) is 12.1 Å². The van der Waals surface area contributed by atoms with Crippen LogP contribution in [0.3, 0.4) is 0 Å². The molecule has 156 valence electrons. The first-order chi connectivity index (χ1) is 14.2. The third kappa shape index (κ3) is 3.42. The molecular weight excluding hydrogens is 400 g/mol. The number of nitrogens with zero attached hydrogens (tertiary/aromatic N) is 1. The number of para-hydroxylation sites is 1. The Kier molecular flexibility index (Phi) is 4.79. The Hall–Kier alpha value is -3.30. The van der Waals surface area contributed by atoms with E-state index in [0.29, 0.717) is 28.5 Å². The van der Waals surface area contributed by atoms with Gasteiger partial charge >= 0.3 is 0 Å². The summed E-state index contributed by atoms with van der Waals surface area (Å²) in [5.41, 5.74) is 15.6. The number of rotatable bonds is 4. The Morgan fingerprint density at radius 1 is 1.10 bits per heavy atom. The molecule has 1 aliphatic heterocycles. The molecule has 0 spiro atoms. The van der Waals surface area contributed by atoms with Crippen LogP contribution in [0.15, 0.2) is 70.7 Å². The normalized spacial score (nSPS) is 18.5. The number of aliphatic imine (C=N–C) groups is 1. The molecule has 0 saturated carbocycles. The molecule has 30 heavy (non-hydrogen) atoms. The lowest BCUT2D eigenvalue weighted by Crippen LogP contribution is -2.47. The van der Waals surface area contributed by atoms with Crippen LogP contribution in [-0.4, -0.2) is 24.5 Å². The maximum Gasteiger partial charge on any atom is 0.211 e. The van der Waals surface area contributed by atoms with Crippen molar-refractivity contribution in [1.29, 1.82) is 0 Å². The second kappa shape index (κ2) is 7.19. The summed E-state index contributed by atoms with van der Waals surface area (Å²) < 4.78 is 25.7. The van der Waals surface area contributed by atoms with E-state index in [4.69, 9.17) is 16.5 Å². The maximum atomic E-state index is 12.8. The summed E-state index contributed by atoms with van der Waals surface area (Å²) in [6.45, 7) is 3.31. The number of amidine groups is 1. The molecule has 1 atom stereocenters. The number of nitrogen functional groups attached to an aromatic ring is 1. The van der Waals surface area contributed by atoms with E-state index in [0.717, 1.165) is 5.69 Å². The van der Waals surface area contributed by atoms with Gasteiger partial charge in [0.2, 0.25) is 5.79 Å². The number of nitrogens with one attached hydrogen (secondary N) is 3. The highest BCUT2D eigenvalue weighted by Gasteiger charge is 2.34. The summed E-state index contributed by atoms with van der Waals surface area (Å²) in [4.78, 5) is 8.03. The number of anilines is 3. The molecule has 9 heteroatoms. The van der Waals surface area contributed by atoms with Gasteiger partial charge in [-0.15, -0.1) is 0 Å². The summed E-state index contributed by atoms with van der Waals surface area (Å²) in [5.74, 6) is -0.858. The third-order valence-corrected chi connectivity index (χ3v) is 7.20. The van der Waals surface area contributed by atoms with Gasteiger partial charge in [0.1, 0.15) is 5.69 Å². The molecule has 0 aliphatic carbocycles. The van der Waals surface area contributed by atoms with Crippen LogP contribution in [-0.2, 0) is 15.6 Å². The van der Waals surface area contributed by atoms with E-state index in [1.165, 1.54) is 0 Å². The zero-order chi connectivity index (χ0) is 21.5. The molecular formula is C21H24N6O2S. The van der Waals surface area contributed by atoms with Crippen LogP contribution in [0.25, 0.3) is 0 Å². The molecule has 0 saturated heterocycles. The monoisotopic (exact) mass is 424 g/mol. The van der Waals surface area contributed by atoms with Gasteiger partial charge in [-0.2, -0.15) is 0 Å². The molecule has 0 fully saturated rings. The van der Waals surface area contributed by atoms with Gasteiger partial charge in [-0.3, -0.25) is 5.73 Å². The summed E-state index contributed by atoms with van der Waals surface area (Å²) in [7, 11) is -3.50. The van der Waals surface area contributed by atoms with Crippen molar-refractivity contribution in [3.8, 4) is 0 Å². The maximum absolute atomic E-state index is 12.8. The molecule has 1 aromatic heterocycles. The SMILES string of the molecule is CC(C)S(=O)(=O)c1ccccc1NC1=NC(N)(c2cccc(N)c2)Nc2cc[nH]c21. The average Bonchev–Trinajstić information content (AvgIpc) is 3.16. The number of hydrogen-bond acceptors (Lipinski definition) is 7. The highest BCUT2D eigenvalue weighted by Crippen LogP contribution is 2.33. The summed E-state index contributed by atoms with van der Waals surface area (Å²) in [6.07, 6.45) is 1.76. The fourth-order valence-corrected chi connectivity index (χ4v) is 4.54. The topological polar surface area (TPSA) is 138 Å². The van der Waals surface area contributed by atoms with Crippen molar-refractivity contribution in [2.45, 2.75) is 29.8 Å². The molecule has 1 unspecified atom stereocenters. The van der Waals surface area contributed by atoms with Crippen LogP contribution in [0.4, 0.5) is 17.1 Å². The number of benzene rings is 2. The predicted octanol–water partition coefficient (Wildman–Crippen LogP) is 2.83. The van der Waals surface area contributed by atoms with Gasteiger partial charge in [0.05, 0.1) is 21.5 Å². The summed E-state index contributed by atoms with van der Waals surface area (Å²) in [5, 5.41) is 5.84. The fourth-order valence-electron chi connectivity index (χ4n) is 3.34. The Morgan fingerprint density at radius 2 is 1.87 bits per heavy atom. The van der Waals surface area contributed by atoms with Gasteiger partial charge in [0, 0.05) is 17.4 Å². The number of nitrogens with two attached hydrogens (primary N) is 2. The second-order valence-corrected chi connectivity index (χ2v) is 9.93. The fraction of sp³-hybridized carbons (Fsp3) is 0.190. The van der Waals surface area contributed by atoms with Crippen molar-refractivity contribution in [3.63, 3.8) is 0 Å². The van der Waals surface area contributed by atoms with Crippen LogP contribution in [0, 0.1) is 0 Å². The van der Waals surface area contributed by atoms with Crippen molar-refractivity contribution >= 4 is 32.7 Å². The van der Waals surface area contributed by atoms with Crippen molar-refractivity contribution in [2.75, 3.05) is 16.4 Å². The molecule has 0 amide bonds. The zero-order valence-corrected chi connectivity index (χ0v) is 17.5. The van der Waals surface area contributed by atoms with Crippen LogP contribution in [0.2, 0.25) is 0 Å². The lowest BCUT2D eigenvalue weighted by molar-refractivity contribution is 0.538. The number of H-pyrrole nitrogens is 1. The molecule has 0 bridgehead atoms. The Balaban J connectivity index is 1.82. The zero-order valence-electron chi connectivity index (χ0n) is 16.7. The quantitative estimate of drug-likeness (QED) is 0.408. The van der Waals surface area contributed by atoms with Gasteiger partial charge < -0.3 is 21.4 Å². The minimum Gasteiger partial charge on any atom is -0.399 e. The number of aromatic amines is 1. The molecule has 4 rings (SSSR count). The predicted molar refractivity (Wildman–Crippen MR) is 120 cm³/mol. The van der Waals surface area contributed by atoms with Crippen LogP contribution in [0.5, 0.6) is 0 Å². The highest BCUT2D eigenvalue weighted by molar-refractivity contribution is 7.92. The van der Waals surface area contributed by atoms with Crippen LogP contribution >= 0.6 is 0 Å². The van der Waals surface area contributed by atoms with Crippen molar-refractivity contribution < 1.29 is 8.42 Å². The van der Waals surface area contributed by atoms with Crippen LogP contribution in [0.1, 0.15) is 25.1 Å². The number of hydrogen-bond donors (Lipinski definition) is 5. The molecule has 0 radical (unpaired) electrons. The Labute approximate surface area is 175 Å². The van der Waals surface area contributed by atoms with Gasteiger partial charge in [0.25, 0.3) is 0 Å². The first-order valence-corrected chi connectivity index (χ1v) is 11.1. The number of sulfone groups is 1. The molecule has 2 heterocycles. The molecule has 8 nitrogen and oxygen atoms in total. The van der Waals surface area contributed by atoms with Gasteiger partial charge in [-0.1, -0.05) is 24.3 Å². The standard InChI is InChI=1S/C21H24N6O2S/c1-13(2)30(28,29)18-9-4-3-8-16(18)25-20-19-17(10-11-24-19)26-21(23,27-20)14-6-5-7-15(22)12-14/h3-13,24,26H,22-23H2,1-2H3,(H,25,27). The van der Waals surface area contributed by atoms with E-state index >= 15 is 0 Å². The number of fused-ring (bicyclic) bond motifs is 1. The highest BCUT2D eigenvalue weighted by atomic mass is 32.2. The molecule has 1 aliphatic rings. The Bertz CT molecular complexity index is 1230. The van der Waals surface area contributed by atoms with E-state index in [-0.39, 0.29) is 4.90 Å². The van der Waals surface area contributed by atoms with Crippen LogP contribution < -0.4 is 22.1 Å². The minimum atomic E-state index is -3.50. The van der Waals surface area contributed by atoms with Crippen molar-refractivity contribution in [3.05, 3.63) is 72.1 Å². The van der Waals surface area contributed by atoms with E-state index in [9.17, 15) is 8.42 Å². The lowest BCUT2D eigenvalue weighted by atomic mass is 10.1. The minimum absolute atomic E-state index is 0.209. The molecule has 3 aromatic rings. The molecule has 2 aromatic carbocycles. The number of aromatic nitrogens is 1. The largest absolute Gasteiger partial charge is 0.399 e. The van der Waals surface area contributed by atoms with E-state index in [1.54, 1.807) is 62.5 Å². The lowest BCUT2D eigenvalue weighted by Gasteiger charge is -2.33. The van der Waals surface area contributed by atoms with Gasteiger partial charge in [-0.25, -0.2) is 13.4 Å². The van der Waals surface area contributed by atoms with E-state index in [2.05, 4.69) is 15.6 Å².